The van der Waals surface area contributed by atoms with E-state index < -0.39 is 0 Å². The van der Waals surface area contributed by atoms with E-state index in [4.69, 9.17) is 4.74 Å². The molecule has 0 saturated carbocycles. The van der Waals surface area contributed by atoms with Crippen LogP contribution in [-0.4, -0.2) is 43.1 Å². The van der Waals surface area contributed by atoms with E-state index in [1.54, 1.807) is 0 Å². The minimum Gasteiger partial charge on any atom is -0.466 e. The number of rotatable bonds is 6. The number of nitrogens with zero attached hydrogens (tertiary/aromatic N) is 1. The van der Waals surface area contributed by atoms with Gasteiger partial charge in [-0.2, -0.15) is 0 Å². The van der Waals surface area contributed by atoms with E-state index in [0.29, 0.717) is 13.0 Å². The highest BCUT2D eigenvalue weighted by Crippen LogP contribution is 2.21. The highest BCUT2D eigenvalue weighted by molar-refractivity contribution is 5.85. The van der Waals surface area contributed by atoms with Gasteiger partial charge in [0.15, 0.2) is 0 Å². The van der Waals surface area contributed by atoms with E-state index in [0.717, 1.165) is 24.0 Å². The molecule has 0 aliphatic heterocycles. The number of aromatic amines is 1. The smallest absolute Gasteiger partial charge is 0.310 e. The summed E-state index contributed by atoms with van der Waals surface area (Å²) in [4.78, 5) is 17.0. The van der Waals surface area contributed by atoms with Gasteiger partial charge in [-0.05, 0) is 50.7 Å². The summed E-state index contributed by atoms with van der Waals surface area (Å²) in [6.45, 7) is 3.26. The molecule has 1 N–H and O–H groups in total. The van der Waals surface area contributed by atoms with E-state index in [2.05, 4.69) is 36.2 Å². The van der Waals surface area contributed by atoms with Crippen LogP contribution in [0.15, 0.2) is 24.4 Å². The number of ether oxygens (including phenoxy) is 1. The number of esters is 1. The summed E-state index contributed by atoms with van der Waals surface area (Å²) in [5, 5.41) is 1.20. The number of fused-ring (bicyclic) bond motifs is 1. The first-order valence-corrected chi connectivity index (χ1v) is 6.99. The van der Waals surface area contributed by atoms with Crippen LogP contribution in [0.25, 0.3) is 10.9 Å². The molecule has 0 radical (unpaired) electrons. The van der Waals surface area contributed by atoms with Crippen molar-refractivity contribution in [1.29, 1.82) is 0 Å². The Labute approximate surface area is 119 Å². The van der Waals surface area contributed by atoms with Crippen LogP contribution in [0.2, 0.25) is 0 Å². The van der Waals surface area contributed by atoms with E-state index in [-0.39, 0.29) is 5.97 Å². The van der Waals surface area contributed by atoms with Gasteiger partial charge < -0.3 is 14.6 Å². The fourth-order valence-corrected chi connectivity index (χ4v) is 2.27. The molecule has 0 amide bonds. The first-order valence-electron chi connectivity index (χ1n) is 6.99. The molecule has 0 spiro atoms. The highest BCUT2D eigenvalue weighted by atomic mass is 16.5. The quantitative estimate of drug-likeness (QED) is 0.823. The van der Waals surface area contributed by atoms with E-state index in [9.17, 15) is 4.79 Å². The fourth-order valence-electron chi connectivity index (χ4n) is 2.27. The lowest BCUT2D eigenvalue weighted by molar-refractivity contribution is -0.142. The predicted octanol–water partition coefficient (Wildman–Crippen LogP) is 2.38. The summed E-state index contributed by atoms with van der Waals surface area (Å²) < 4.78 is 5.00. The highest BCUT2D eigenvalue weighted by Gasteiger charge is 2.08. The van der Waals surface area contributed by atoms with Crippen LogP contribution in [0.4, 0.5) is 0 Å². The lowest BCUT2D eigenvalue weighted by atomic mass is 10.1. The predicted molar refractivity (Wildman–Crippen MR) is 80.9 cm³/mol. The summed E-state index contributed by atoms with van der Waals surface area (Å²) in [6, 6.07) is 6.10. The van der Waals surface area contributed by atoms with Gasteiger partial charge in [-0.3, -0.25) is 4.79 Å². The second-order valence-electron chi connectivity index (χ2n) is 5.23. The third-order valence-electron chi connectivity index (χ3n) is 3.31. The zero-order valence-corrected chi connectivity index (χ0v) is 12.4. The van der Waals surface area contributed by atoms with Crippen molar-refractivity contribution < 1.29 is 9.53 Å². The molecule has 1 heterocycles. The molecule has 0 atom stereocenters. The third-order valence-corrected chi connectivity index (χ3v) is 3.31. The Morgan fingerprint density at radius 1 is 1.35 bits per heavy atom. The van der Waals surface area contributed by atoms with Gasteiger partial charge in [-0.1, -0.05) is 6.07 Å². The topological polar surface area (TPSA) is 45.3 Å². The van der Waals surface area contributed by atoms with Gasteiger partial charge in [0.25, 0.3) is 0 Å². The maximum Gasteiger partial charge on any atom is 0.310 e. The molecular weight excluding hydrogens is 252 g/mol. The number of nitrogens with one attached hydrogen (secondary N) is 1. The Morgan fingerprint density at radius 2 is 2.15 bits per heavy atom. The number of carbonyl (C=O) groups excluding carboxylic acids is 1. The number of benzene rings is 1. The largest absolute Gasteiger partial charge is 0.466 e. The lowest BCUT2D eigenvalue weighted by Crippen LogP contribution is -2.14. The van der Waals surface area contributed by atoms with Crippen LogP contribution >= 0.6 is 0 Å². The van der Waals surface area contributed by atoms with Gasteiger partial charge in [-0.15, -0.1) is 0 Å². The fraction of sp³-hybridized carbons (Fsp3) is 0.438. The number of hydrogen-bond donors (Lipinski definition) is 1. The maximum absolute atomic E-state index is 11.6. The molecular formula is C16H22N2O2. The van der Waals surface area contributed by atoms with Crippen molar-refractivity contribution >= 4 is 16.9 Å². The number of hydrogen-bond acceptors (Lipinski definition) is 3. The number of likely N-dealkylation sites (N-methyl/N-ethyl adjacent to an activating group) is 1. The molecule has 108 valence electrons. The molecule has 20 heavy (non-hydrogen) atoms. The molecule has 1 aromatic heterocycles. The van der Waals surface area contributed by atoms with Crippen LogP contribution in [0, 0.1) is 0 Å². The zero-order valence-electron chi connectivity index (χ0n) is 12.4. The molecule has 4 heteroatoms. The van der Waals surface area contributed by atoms with Crippen molar-refractivity contribution in [2.75, 3.05) is 27.2 Å². The van der Waals surface area contributed by atoms with E-state index >= 15 is 0 Å². The minimum absolute atomic E-state index is 0.169. The van der Waals surface area contributed by atoms with Crippen molar-refractivity contribution in [3.8, 4) is 0 Å². The van der Waals surface area contributed by atoms with Crippen molar-refractivity contribution in [2.24, 2.45) is 0 Å². The van der Waals surface area contributed by atoms with Crippen LogP contribution < -0.4 is 0 Å². The molecule has 0 bridgehead atoms. The van der Waals surface area contributed by atoms with Gasteiger partial charge in [0.2, 0.25) is 0 Å². The standard InChI is InChI=1S/C16H22N2O2/c1-4-20-16(19)10-12-5-6-15-14(9-12)13(11-17-15)7-8-18(2)3/h5-6,9,11,17H,4,7-8,10H2,1-3H3. The van der Waals surface area contributed by atoms with E-state index in [1.807, 2.05) is 19.1 Å². The van der Waals surface area contributed by atoms with Crippen LogP contribution in [0.1, 0.15) is 18.1 Å². The number of H-pyrrole nitrogens is 1. The minimum atomic E-state index is -0.169. The van der Waals surface area contributed by atoms with Crippen molar-refractivity contribution in [3.05, 3.63) is 35.5 Å². The molecule has 0 aliphatic carbocycles. The molecule has 2 rings (SSSR count). The second-order valence-corrected chi connectivity index (χ2v) is 5.23. The SMILES string of the molecule is CCOC(=O)Cc1ccc2[nH]cc(CCN(C)C)c2c1. The van der Waals surface area contributed by atoms with Crippen LogP contribution in [-0.2, 0) is 22.4 Å². The monoisotopic (exact) mass is 274 g/mol. The Balaban J connectivity index is 2.18. The molecule has 2 aromatic rings. The molecule has 0 saturated heterocycles. The third kappa shape index (κ3) is 3.61. The van der Waals surface area contributed by atoms with Gasteiger partial charge in [0.05, 0.1) is 13.0 Å². The number of carbonyl (C=O) groups is 1. The average molecular weight is 274 g/mol. The number of aromatic nitrogens is 1. The van der Waals surface area contributed by atoms with E-state index in [1.165, 1.54) is 10.9 Å². The van der Waals surface area contributed by atoms with Crippen molar-refractivity contribution in [3.63, 3.8) is 0 Å². The van der Waals surface area contributed by atoms with Gasteiger partial charge >= 0.3 is 5.97 Å². The summed E-state index contributed by atoms with van der Waals surface area (Å²) in [6.07, 6.45) is 3.39. The molecule has 0 unspecified atom stereocenters. The second kappa shape index (κ2) is 6.57. The van der Waals surface area contributed by atoms with Gasteiger partial charge in [0, 0.05) is 23.6 Å². The normalized spacial score (nSPS) is 11.2. The Hall–Kier alpha value is -1.81. The maximum atomic E-state index is 11.6. The van der Waals surface area contributed by atoms with Crippen molar-refractivity contribution in [2.45, 2.75) is 19.8 Å². The summed E-state index contributed by atoms with van der Waals surface area (Å²) in [7, 11) is 4.14. The lowest BCUT2D eigenvalue weighted by Gasteiger charge is -2.08. The Kier molecular flexibility index (Phi) is 4.79. The van der Waals surface area contributed by atoms with Gasteiger partial charge in [0.1, 0.15) is 0 Å². The zero-order chi connectivity index (χ0) is 14.5. The molecule has 0 aliphatic rings. The Morgan fingerprint density at radius 3 is 2.85 bits per heavy atom. The Bertz CT molecular complexity index is 587. The summed E-state index contributed by atoms with van der Waals surface area (Å²) in [5.74, 6) is -0.169. The van der Waals surface area contributed by atoms with Crippen molar-refractivity contribution in [1.82, 2.24) is 9.88 Å². The summed E-state index contributed by atoms with van der Waals surface area (Å²) in [5.41, 5.74) is 3.41. The molecule has 0 fully saturated rings. The average Bonchev–Trinajstić information content (AvgIpc) is 2.79. The van der Waals surface area contributed by atoms with Crippen LogP contribution in [0.5, 0.6) is 0 Å². The van der Waals surface area contributed by atoms with Gasteiger partial charge in [-0.25, -0.2) is 0 Å². The first kappa shape index (κ1) is 14.6. The first-order chi connectivity index (χ1) is 9.60. The molecule has 4 nitrogen and oxygen atoms in total. The van der Waals surface area contributed by atoms with Crippen LogP contribution in [0.3, 0.4) is 0 Å². The summed E-state index contributed by atoms with van der Waals surface area (Å²) >= 11 is 0. The molecule has 1 aromatic carbocycles.